The van der Waals surface area contributed by atoms with Crippen LogP contribution in [-0.4, -0.2) is 32.8 Å². The summed E-state index contributed by atoms with van der Waals surface area (Å²) in [5.74, 6) is 0. The molecule has 3 nitrogen and oxygen atoms in total. The lowest BCUT2D eigenvalue weighted by Crippen LogP contribution is -2.26. The van der Waals surface area contributed by atoms with Crippen LogP contribution in [0.3, 0.4) is 0 Å². The molecular formula is C15H25ClN2O. The molecule has 0 atom stereocenters. The molecule has 0 saturated heterocycles. The summed E-state index contributed by atoms with van der Waals surface area (Å²) in [6.45, 7) is 9.51. The number of hydrogen-bond donors (Lipinski definition) is 1. The highest BCUT2D eigenvalue weighted by Crippen LogP contribution is 2.26. The number of nitrogens with zero attached hydrogens (tertiary/aromatic N) is 1. The minimum absolute atomic E-state index is 0.272. The summed E-state index contributed by atoms with van der Waals surface area (Å²) in [5.41, 5.74) is 2.32. The zero-order chi connectivity index (χ0) is 14.3. The molecule has 0 aliphatic carbocycles. The monoisotopic (exact) mass is 284 g/mol. The molecule has 0 aliphatic rings. The van der Waals surface area contributed by atoms with Crippen LogP contribution in [0, 0.1) is 0 Å². The first-order valence-electron chi connectivity index (χ1n) is 6.87. The van der Waals surface area contributed by atoms with E-state index >= 15 is 0 Å². The van der Waals surface area contributed by atoms with Crippen molar-refractivity contribution < 1.29 is 4.74 Å². The van der Waals surface area contributed by atoms with Crippen LogP contribution in [0.5, 0.6) is 0 Å². The number of hydrogen-bond acceptors (Lipinski definition) is 3. The molecule has 19 heavy (non-hydrogen) atoms. The first-order chi connectivity index (χ1) is 9.06. The second-order valence-electron chi connectivity index (χ2n) is 4.86. The number of ether oxygens (including phenoxy) is 1. The number of halogens is 1. The Hall–Kier alpha value is -0.770. The van der Waals surface area contributed by atoms with Gasteiger partial charge in [0.1, 0.15) is 0 Å². The van der Waals surface area contributed by atoms with Gasteiger partial charge in [-0.25, -0.2) is 0 Å². The van der Waals surface area contributed by atoms with E-state index in [1.165, 1.54) is 5.69 Å². The predicted octanol–water partition coefficient (Wildman–Crippen LogP) is 3.31. The lowest BCUT2D eigenvalue weighted by atomic mass is 10.1. The molecule has 4 heteroatoms. The van der Waals surface area contributed by atoms with Gasteiger partial charge in [0.15, 0.2) is 0 Å². The van der Waals surface area contributed by atoms with Crippen LogP contribution in [0.4, 0.5) is 5.69 Å². The Morgan fingerprint density at radius 2 is 2.11 bits per heavy atom. The zero-order valence-electron chi connectivity index (χ0n) is 12.4. The quantitative estimate of drug-likeness (QED) is 0.793. The van der Waals surface area contributed by atoms with Crippen LogP contribution in [0.2, 0.25) is 5.02 Å². The maximum absolute atomic E-state index is 6.30. The van der Waals surface area contributed by atoms with Crippen molar-refractivity contribution in [3.63, 3.8) is 0 Å². The summed E-state index contributed by atoms with van der Waals surface area (Å²) >= 11 is 6.30. The minimum atomic E-state index is 0.272. The SMILES string of the molecule is CCNCc1c(Cl)cccc1N(C)CCOC(C)C. The molecule has 1 aromatic rings. The van der Waals surface area contributed by atoms with Crippen molar-refractivity contribution in [3.05, 3.63) is 28.8 Å². The molecule has 0 fully saturated rings. The van der Waals surface area contributed by atoms with Gasteiger partial charge in [-0.05, 0) is 32.5 Å². The fourth-order valence-electron chi connectivity index (χ4n) is 1.88. The Morgan fingerprint density at radius 1 is 1.37 bits per heavy atom. The molecule has 1 aromatic carbocycles. The van der Waals surface area contributed by atoms with Crippen LogP contribution in [0.25, 0.3) is 0 Å². The van der Waals surface area contributed by atoms with Gasteiger partial charge in [-0.2, -0.15) is 0 Å². The van der Waals surface area contributed by atoms with Crippen molar-refractivity contribution in [2.75, 3.05) is 31.6 Å². The molecule has 0 heterocycles. The Kier molecular flexibility index (Phi) is 7.21. The standard InChI is InChI=1S/C15H25ClN2O/c1-5-17-11-13-14(16)7-6-8-15(13)18(4)9-10-19-12(2)3/h6-8,12,17H,5,9-11H2,1-4H3. The molecule has 0 aliphatic heterocycles. The normalized spacial score (nSPS) is 11.1. The summed E-state index contributed by atoms with van der Waals surface area (Å²) in [6.07, 6.45) is 0.272. The number of likely N-dealkylation sites (N-methyl/N-ethyl adjacent to an activating group) is 1. The molecule has 0 aromatic heterocycles. The zero-order valence-corrected chi connectivity index (χ0v) is 13.1. The van der Waals surface area contributed by atoms with Crippen molar-refractivity contribution in [1.82, 2.24) is 5.32 Å². The van der Waals surface area contributed by atoms with Gasteiger partial charge in [0.2, 0.25) is 0 Å². The van der Waals surface area contributed by atoms with Gasteiger partial charge in [-0.15, -0.1) is 0 Å². The smallest absolute Gasteiger partial charge is 0.0644 e. The summed E-state index contributed by atoms with van der Waals surface area (Å²) in [5, 5.41) is 4.15. The highest BCUT2D eigenvalue weighted by molar-refractivity contribution is 6.31. The van der Waals surface area contributed by atoms with Gasteiger partial charge in [-0.1, -0.05) is 24.6 Å². The predicted molar refractivity (Wildman–Crippen MR) is 83.2 cm³/mol. The maximum Gasteiger partial charge on any atom is 0.0644 e. The molecule has 0 saturated carbocycles. The van der Waals surface area contributed by atoms with E-state index < -0.39 is 0 Å². The summed E-state index contributed by atoms with van der Waals surface area (Å²) in [6, 6.07) is 6.04. The minimum Gasteiger partial charge on any atom is -0.377 e. The fourth-order valence-corrected chi connectivity index (χ4v) is 2.11. The van der Waals surface area contributed by atoms with Crippen molar-refractivity contribution in [1.29, 1.82) is 0 Å². The third-order valence-electron chi connectivity index (χ3n) is 2.94. The fraction of sp³-hybridized carbons (Fsp3) is 0.600. The Balaban J connectivity index is 2.71. The van der Waals surface area contributed by atoms with Gasteiger partial charge in [0, 0.05) is 36.4 Å². The average molecular weight is 285 g/mol. The van der Waals surface area contributed by atoms with Crippen LogP contribution >= 0.6 is 11.6 Å². The summed E-state index contributed by atoms with van der Waals surface area (Å²) < 4.78 is 5.59. The maximum atomic E-state index is 6.30. The highest BCUT2D eigenvalue weighted by Gasteiger charge is 2.10. The van der Waals surface area contributed by atoms with Gasteiger partial charge < -0.3 is 15.0 Å². The first-order valence-corrected chi connectivity index (χ1v) is 7.24. The van der Waals surface area contributed by atoms with Crippen molar-refractivity contribution >= 4 is 17.3 Å². The number of anilines is 1. The van der Waals surface area contributed by atoms with Crippen LogP contribution < -0.4 is 10.2 Å². The topological polar surface area (TPSA) is 24.5 Å². The molecule has 0 radical (unpaired) electrons. The van der Waals surface area contributed by atoms with E-state index in [0.29, 0.717) is 0 Å². The average Bonchev–Trinajstić information content (AvgIpc) is 2.36. The Bertz CT molecular complexity index is 382. The van der Waals surface area contributed by atoms with Crippen molar-refractivity contribution in [3.8, 4) is 0 Å². The van der Waals surface area contributed by atoms with Crippen LogP contribution in [0.1, 0.15) is 26.3 Å². The second-order valence-corrected chi connectivity index (χ2v) is 5.27. The van der Waals surface area contributed by atoms with Gasteiger partial charge in [-0.3, -0.25) is 0 Å². The second kappa shape index (κ2) is 8.41. The molecule has 0 bridgehead atoms. The van der Waals surface area contributed by atoms with Gasteiger partial charge in [0.25, 0.3) is 0 Å². The molecule has 1 rings (SSSR count). The summed E-state index contributed by atoms with van der Waals surface area (Å²) in [4.78, 5) is 2.20. The van der Waals surface area contributed by atoms with Gasteiger partial charge in [0.05, 0.1) is 12.7 Å². The van der Waals surface area contributed by atoms with E-state index in [1.54, 1.807) is 0 Å². The van der Waals surface area contributed by atoms with E-state index in [2.05, 4.69) is 44.1 Å². The third-order valence-corrected chi connectivity index (χ3v) is 3.29. The summed E-state index contributed by atoms with van der Waals surface area (Å²) in [7, 11) is 2.07. The highest BCUT2D eigenvalue weighted by atomic mass is 35.5. The molecular weight excluding hydrogens is 260 g/mol. The van der Waals surface area contributed by atoms with E-state index in [1.807, 2.05) is 12.1 Å². The lowest BCUT2D eigenvalue weighted by molar-refractivity contribution is 0.0846. The Morgan fingerprint density at radius 3 is 2.74 bits per heavy atom. The lowest BCUT2D eigenvalue weighted by Gasteiger charge is -2.24. The van der Waals surface area contributed by atoms with E-state index in [0.717, 1.165) is 36.8 Å². The van der Waals surface area contributed by atoms with Crippen molar-refractivity contribution in [2.45, 2.75) is 33.4 Å². The van der Waals surface area contributed by atoms with E-state index in [4.69, 9.17) is 16.3 Å². The molecule has 108 valence electrons. The molecule has 1 N–H and O–H groups in total. The van der Waals surface area contributed by atoms with E-state index in [9.17, 15) is 0 Å². The first kappa shape index (κ1) is 16.3. The van der Waals surface area contributed by atoms with Gasteiger partial charge >= 0.3 is 0 Å². The third kappa shape index (κ3) is 5.39. The molecule has 0 amide bonds. The molecule has 0 unspecified atom stereocenters. The largest absolute Gasteiger partial charge is 0.377 e. The Labute approximate surface area is 121 Å². The van der Waals surface area contributed by atoms with Crippen molar-refractivity contribution in [2.24, 2.45) is 0 Å². The van der Waals surface area contributed by atoms with Crippen LogP contribution in [-0.2, 0) is 11.3 Å². The number of benzene rings is 1. The van der Waals surface area contributed by atoms with E-state index in [-0.39, 0.29) is 6.10 Å². The molecule has 0 spiro atoms. The number of rotatable bonds is 8. The van der Waals surface area contributed by atoms with Crippen LogP contribution in [0.15, 0.2) is 18.2 Å². The number of nitrogens with one attached hydrogen (secondary N) is 1.